The first-order valence-electron chi connectivity index (χ1n) is 9.84. The van der Waals surface area contributed by atoms with E-state index in [0.29, 0.717) is 27.4 Å². The van der Waals surface area contributed by atoms with Crippen molar-refractivity contribution >= 4 is 38.3 Å². The van der Waals surface area contributed by atoms with Crippen LogP contribution in [0.3, 0.4) is 0 Å². The van der Waals surface area contributed by atoms with Gasteiger partial charge in [0, 0.05) is 25.2 Å². The lowest BCUT2D eigenvalue weighted by atomic mass is 10.2. The van der Waals surface area contributed by atoms with Crippen molar-refractivity contribution in [3.63, 3.8) is 0 Å². The van der Waals surface area contributed by atoms with Gasteiger partial charge in [0.05, 0.1) is 21.6 Å². The summed E-state index contributed by atoms with van der Waals surface area (Å²) in [5.41, 5.74) is -0.109. The molecular formula is C23H20ClN3O5S. The van der Waals surface area contributed by atoms with E-state index in [9.17, 15) is 18.0 Å². The number of halogens is 1. The smallest absolute Gasteiger partial charge is 0.316 e. The Morgan fingerprint density at radius 3 is 2.09 bits per heavy atom. The number of nitrogens with zero attached hydrogens (tertiary/aromatic N) is 2. The van der Waals surface area contributed by atoms with E-state index in [1.165, 1.54) is 47.5 Å². The third kappa shape index (κ3) is 4.24. The lowest BCUT2D eigenvalue weighted by Gasteiger charge is -2.17. The molecule has 0 aliphatic heterocycles. The predicted molar refractivity (Wildman–Crippen MR) is 128 cm³/mol. The van der Waals surface area contributed by atoms with Crippen molar-refractivity contribution in [2.45, 2.75) is 11.8 Å². The van der Waals surface area contributed by atoms with E-state index in [1.54, 1.807) is 37.3 Å². The van der Waals surface area contributed by atoms with Crippen LogP contribution in [0.5, 0.6) is 11.5 Å². The SMILES string of the molecule is Cc1cc(Cl)ccc1S(=O)(=O)Nc1cc2c(cc1Oc1ccccc1)n(C)c(=O)c(=O)n2C. The number of ether oxygens (including phenoxy) is 1. The van der Waals surface area contributed by atoms with Gasteiger partial charge in [-0.15, -0.1) is 0 Å². The third-order valence-electron chi connectivity index (χ3n) is 5.23. The van der Waals surface area contributed by atoms with Crippen molar-refractivity contribution < 1.29 is 13.2 Å². The minimum atomic E-state index is -4.03. The van der Waals surface area contributed by atoms with Gasteiger partial charge in [-0.2, -0.15) is 0 Å². The molecule has 0 bridgehead atoms. The second kappa shape index (κ2) is 8.42. The van der Waals surface area contributed by atoms with E-state index in [2.05, 4.69) is 4.72 Å². The summed E-state index contributed by atoms with van der Waals surface area (Å²) in [6.45, 7) is 1.64. The van der Waals surface area contributed by atoms with Crippen LogP contribution in [0.1, 0.15) is 5.56 Å². The van der Waals surface area contributed by atoms with Gasteiger partial charge in [0.2, 0.25) is 0 Å². The van der Waals surface area contributed by atoms with Crippen LogP contribution in [0.25, 0.3) is 11.0 Å². The maximum Gasteiger partial charge on any atom is 0.316 e. The zero-order valence-electron chi connectivity index (χ0n) is 18.0. The van der Waals surface area contributed by atoms with E-state index in [4.69, 9.17) is 16.3 Å². The number of aromatic nitrogens is 2. The van der Waals surface area contributed by atoms with Gasteiger partial charge in [-0.25, -0.2) is 8.42 Å². The van der Waals surface area contributed by atoms with Gasteiger partial charge in [-0.3, -0.25) is 14.3 Å². The monoisotopic (exact) mass is 485 g/mol. The number of rotatable bonds is 5. The van der Waals surface area contributed by atoms with Crippen LogP contribution in [0.2, 0.25) is 5.02 Å². The Hall–Kier alpha value is -3.56. The van der Waals surface area contributed by atoms with Crippen molar-refractivity contribution in [1.29, 1.82) is 0 Å². The highest BCUT2D eigenvalue weighted by Crippen LogP contribution is 2.35. The van der Waals surface area contributed by atoms with Gasteiger partial charge in [0.15, 0.2) is 5.75 Å². The van der Waals surface area contributed by atoms with Gasteiger partial charge < -0.3 is 13.9 Å². The van der Waals surface area contributed by atoms with Crippen LogP contribution < -0.4 is 20.6 Å². The average Bonchev–Trinajstić information content (AvgIpc) is 2.77. The molecule has 170 valence electrons. The van der Waals surface area contributed by atoms with Crippen LogP contribution in [0.15, 0.2) is 75.1 Å². The molecule has 0 atom stereocenters. The summed E-state index contributed by atoms with van der Waals surface area (Å²) < 4.78 is 37.3. The standard InChI is InChI=1S/C23H20ClN3O5S/c1-14-11-15(24)9-10-21(14)33(30,31)25-17-12-18-19(27(3)23(29)22(28)26(18)2)13-20(17)32-16-7-5-4-6-8-16/h4-13,25H,1-3H3. The molecule has 4 rings (SSSR count). The lowest BCUT2D eigenvalue weighted by Crippen LogP contribution is -2.39. The maximum absolute atomic E-state index is 13.2. The summed E-state index contributed by atoms with van der Waals surface area (Å²) >= 11 is 5.97. The molecule has 3 aromatic carbocycles. The summed E-state index contributed by atoms with van der Waals surface area (Å²) in [4.78, 5) is 24.7. The van der Waals surface area contributed by atoms with Crippen LogP contribution in [0, 0.1) is 6.92 Å². The second-order valence-corrected chi connectivity index (χ2v) is 9.58. The van der Waals surface area contributed by atoms with E-state index in [-0.39, 0.29) is 16.3 Å². The molecule has 1 aromatic heterocycles. The first-order chi connectivity index (χ1) is 15.6. The van der Waals surface area contributed by atoms with Crippen LogP contribution in [-0.4, -0.2) is 17.6 Å². The Balaban J connectivity index is 1.94. The number of benzene rings is 3. The summed E-state index contributed by atoms with van der Waals surface area (Å²) in [5, 5.41) is 0.418. The Morgan fingerprint density at radius 2 is 1.48 bits per heavy atom. The summed E-state index contributed by atoms with van der Waals surface area (Å²) in [7, 11) is -1.11. The molecule has 33 heavy (non-hydrogen) atoms. The van der Waals surface area contributed by atoms with E-state index in [1.807, 2.05) is 6.07 Å². The number of fused-ring (bicyclic) bond motifs is 1. The molecule has 0 amide bonds. The Labute approximate surface area is 194 Å². The average molecular weight is 486 g/mol. The van der Waals surface area contributed by atoms with Crippen molar-refractivity contribution in [2.75, 3.05) is 4.72 Å². The fourth-order valence-corrected chi connectivity index (χ4v) is 5.01. The van der Waals surface area contributed by atoms with Crippen molar-refractivity contribution in [3.05, 3.63) is 92.0 Å². The molecule has 1 N–H and O–H groups in total. The second-order valence-electron chi connectivity index (χ2n) is 7.50. The summed E-state index contributed by atoms with van der Waals surface area (Å²) in [6.07, 6.45) is 0. The first-order valence-corrected chi connectivity index (χ1v) is 11.7. The highest BCUT2D eigenvalue weighted by Gasteiger charge is 2.21. The topological polar surface area (TPSA) is 99.4 Å². The predicted octanol–water partition coefficient (Wildman–Crippen LogP) is 3.79. The van der Waals surface area contributed by atoms with Crippen molar-refractivity contribution in [1.82, 2.24) is 9.13 Å². The third-order valence-corrected chi connectivity index (χ3v) is 6.99. The minimum absolute atomic E-state index is 0.0482. The van der Waals surface area contributed by atoms with Crippen molar-refractivity contribution in [2.24, 2.45) is 14.1 Å². The number of sulfonamides is 1. The van der Waals surface area contributed by atoms with Crippen LogP contribution >= 0.6 is 11.6 Å². The largest absolute Gasteiger partial charge is 0.455 e. The normalized spacial score (nSPS) is 11.5. The van der Waals surface area contributed by atoms with Gasteiger partial charge in [-0.05, 0) is 48.9 Å². The van der Waals surface area contributed by atoms with Crippen LogP contribution in [0.4, 0.5) is 5.69 Å². The number of para-hydroxylation sites is 1. The van der Waals surface area contributed by atoms with Gasteiger partial charge in [0.25, 0.3) is 10.0 Å². The highest BCUT2D eigenvalue weighted by atomic mass is 35.5. The van der Waals surface area contributed by atoms with Gasteiger partial charge in [0.1, 0.15) is 5.75 Å². The quantitative estimate of drug-likeness (QED) is 0.433. The van der Waals surface area contributed by atoms with E-state index < -0.39 is 21.1 Å². The number of anilines is 1. The van der Waals surface area contributed by atoms with Crippen molar-refractivity contribution in [3.8, 4) is 11.5 Å². The number of hydrogen-bond donors (Lipinski definition) is 1. The molecule has 0 saturated heterocycles. The molecule has 0 spiro atoms. The van der Waals surface area contributed by atoms with Crippen LogP contribution in [-0.2, 0) is 24.1 Å². The molecule has 0 fully saturated rings. The fraction of sp³-hybridized carbons (Fsp3) is 0.130. The van der Waals surface area contributed by atoms with Gasteiger partial charge >= 0.3 is 11.1 Å². The zero-order valence-corrected chi connectivity index (χ0v) is 19.6. The molecule has 4 aromatic rings. The lowest BCUT2D eigenvalue weighted by molar-refractivity contribution is 0.485. The molecule has 0 aliphatic carbocycles. The highest BCUT2D eigenvalue weighted by molar-refractivity contribution is 7.92. The fourth-order valence-electron chi connectivity index (χ4n) is 3.49. The first kappa shape index (κ1) is 22.6. The molecule has 10 heteroatoms. The zero-order chi connectivity index (χ0) is 23.9. The Kier molecular flexibility index (Phi) is 5.77. The summed E-state index contributed by atoms with van der Waals surface area (Å²) in [6, 6.07) is 16.2. The molecule has 0 radical (unpaired) electrons. The minimum Gasteiger partial charge on any atom is -0.455 e. The molecule has 1 heterocycles. The van der Waals surface area contributed by atoms with E-state index >= 15 is 0 Å². The number of aryl methyl sites for hydroxylation is 3. The molecule has 0 saturated carbocycles. The van der Waals surface area contributed by atoms with Gasteiger partial charge in [-0.1, -0.05) is 29.8 Å². The molecule has 0 aliphatic rings. The molecule has 0 unspecified atom stereocenters. The maximum atomic E-state index is 13.2. The Morgan fingerprint density at radius 1 is 0.879 bits per heavy atom. The molecule has 8 nitrogen and oxygen atoms in total. The number of hydrogen-bond acceptors (Lipinski definition) is 5. The number of nitrogens with one attached hydrogen (secondary N) is 1. The molecular weight excluding hydrogens is 466 g/mol. The Bertz CT molecular complexity index is 1610. The van der Waals surface area contributed by atoms with E-state index in [0.717, 1.165) is 0 Å². The summed E-state index contributed by atoms with van der Waals surface area (Å²) in [5.74, 6) is 0.632.